The standard InChI is InChI=1S/C22H29NO4S/c1-5-17(3)23(22(24)21(6-2)19-10-8-7-9-11-19)16-18-12-14-20(15-13-18)27-28(4,25)26/h7-15,17,21H,5-6,16H2,1-4H3/t17-,21-/m0/s1. The lowest BCUT2D eigenvalue weighted by molar-refractivity contribution is -0.135. The summed E-state index contributed by atoms with van der Waals surface area (Å²) in [5, 5.41) is 0. The topological polar surface area (TPSA) is 63.7 Å². The Kier molecular flexibility index (Phi) is 7.63. The van der Waals surface area contributed by atoms with Crippen molar-refractivity contribution >= 4 is 16.0 Å². The lowest BCUT2D eigenvalue weighted by Crippen LogP contribution is -2.40. The second-order valence-corrected chi connectivity index (χ2v) is 8.60. The zero-order chi connectivity index (χ0) is 20.7. The molecule has 0 aliphatic carbocycles. The predicted octanol–water partition coefficient (Wildman–Crippen LogP) is 4.35. The van der Waals surface area contributed by atoms with Crippen LogP contribution in [-0.4, -0.2) is 31.5 Å². The summed E-state index contributed by atoms with van der Waals surface area (Å²) < 4.78 is 27.4. The maximum absolute atomic E-state index is 13.4. The summed E-state index contributed by atoms with van der Waals surface area (Å²) in [6, 6.07) is 16.8. The molecular weight excluding hydrogens is 374 g/mol. The van der Waals surface area contributed by atoms with E-state index in [1.54, 1.807) is 24.3 Å². The molecule has 2 aromatic carbocycles. The molecule has 152 valence electrons. The zero-order valence-corrected chi connectivity index (χ0v) is 17.8. The van der Waals surface area contributed by atoms with Crippen molar-refractivity contribution < 1.29 is 17.4 Å². The van der Waals surface area contributed by atoms with Gasteiger partial charge < -0.3 is 9.08 Å². The quantitative estimate of drug-likeness (QED) is 0.584. The maximum atomic E-state index is 13.4. The van der Waals surface area contributed by atoms with Crippen molar-refractivity contribution in [2.24, 2.45) is 0 Å². The lowest BCUT2D eigenvalue weighted by atomic mass is 9.94. The van der Waals surface area contributed by atoms with Crippen LogP contribution in [0.3, 0.4) is 0 Å². The van der Waals surface area contributed by atoms with E-state index in [0.29, 0.717) is 6.54 Å². The Balaban J connectivity index is 2.22. The van der Waals surface area contributed by atoms with Gasteiger partial charge in [0.2, 0.25) is 5.91 Å². The largest absolute Gasteiger partial charge is 0.383 e. The average molecular weight is 404 g/mol. The molecule has 0 fully saturated rings. The van der Waals surface area contributed by atoms with Crippen LogP contribution in [0.5, 0.6) is 5.75 Å². The van der Waals surface area contributed by atoms with Gasteiger partial charge in [0.15, 0.2) is 0 Å². The van der Waals surface area contributed by atoms with Crippen LogP contribution in [0.1, 0.15) is 50.7 Å². The van der Waals surface area contributed by atoms with Crippen molar-refractivity contribution in [2.75, 3.05) is 6.26 Å². The van der Waals surface area contributed by atoms with Gasteiger partial charge >= 0.3 is 10.1 Å². The molecule has 0 radical (unpaired) electrons. The van der Waals surface area contributed by atoms with Gasteiger partial charge in [-0.25, -0.2) is 0 Å². The van der Waals surface area contributed by atoms with Crippen LogP contribution in [-0.2, 0) is 21.5 Å². The highest BCUT2D eigenvalue weighted by atomic mass is 32.2. The average Bonchev–Trinajstić information content (AvgIpc) is 2.67. The molecule has 0 saturated heterocycles. The van der Waals surface area contributed by atoms with E-state index in [4.69, 9.17) is 4.18 Å². The Bertz CT molecular complexity index is 863. The smallest absolute Gasteiger partial charge is 0.306 e. The van der Waals surface area contributed by atoms with E-state index >= 15 is 0 Å². The van der Waals surface area contributed by atoms with Gasteiger partial charge in [-0.2, -0.15) is 8.42 Å². The Morgan fingerprint density at radius 2 is 1.61 bits per heavy atom. The third kappa shape index (κ3) is 6.09. The van der Waals surface area contributed by atoms with Gasteiger partial charge in [0.1, 0.15) is 5.75 Å². The third-order valence-corrected chi connectivity index (χ3v) is 5.33. The number of nitrogens with zero attached hydrogens (tertiary/aromatic N) is 1. The monoisotopic (exact) mass is 403 g/mol. The fourth-order valence-electron chi connectivity index (χ4n) is 3.13. The Morgan fingerprint density at radius 3 is 2.11 bits per heavy atom. The van der Waals surface area contributed by atoms with Gasteiger partial charge in [-0.15, -0.1) is 0 Å². The number of hydrogen-bond acceptors (Lipinski definition) is 4. The minimum atomic E-state index is -3.55. The molecule has 0 aromatic heterocycles. The van der Waals surface area contributed by atoms with Crippen LogP contribution < -0.4 is 4.18 Å². The van der Waals surface area contributed by atoms with E-state index in [0.717, 1.165) is 30.2 Å². The van der Waals surface area contributed by atoms with Crippen LogP contribution in [0.4, 0.5) is 0 Å². The van der Waals surface area contributed by atoms with Crippen LogP contribution >= 0.6 is 0 Å². The number of benzene rings is 2. The normalized spacial score (nSPS) is 13.6. The number of rotatable bonds is 9. The zero-order valence-electron chi connectivity index (χ0n) is 17.0. The molecule has 0 N–H and O–H groups in total. The van der Waals surface area contributed by atoms with Crippen molar-refractivity contribution in [2.45, 2.75) is 52.1 Å². The van der Waals surface area contributed by atoms with Crippen molar-refractivity contribution in [1.82, 2.24) is 4.90 Å². The molecular formula is C22H29NO4S. The number of amides is 1. The molecule has 6 heteroatoms. The van der Waals surface area contributed by atoms with Crippen LogP contribution in [0.25, 0.3) is 0 Å². The molecule has 0 aliphatic heterocycles. The summed E-state index contributed by atoms with van der Waals surface area (Å²) >= 11 is 0. The molecule has 0 heterocycles. The summed E-state index contributed by atoms with van der Waals surface area (Å²) in [7, 11) is -3.55. The maximum Gasteiger partial charge on any atom is 0.306 e. The predicted molar refractivity (Wildman–Crippen MR) is 112 cm³/mol. The van der Waals surface area contributed by atoms with Gasteiger partial charge in [-0.1, -0.05) is 56.3 Å². The third-order valence-electron chi connectivity index (χ3n) is 4.84. The second-order valence-electron chi connectivity index (χ2n) is 7.03. The molecule has 0 saturated carbocycles. The Hall–Kier alpha value is -2.34. The fourth-order valence-corrected chi connectivity index (χ4v) is 3.59. The van der Waals surface area contributed by atoms with Gasteiger partial charge in [0, 0.05) is 12.6 Å². The summed E-state index contributed by atoms with van der Waals surface area (Å²) in [6.07, 6.45) is 2.60. The highest BCUT2D eigenvalue weighted by Crippen LogP contribution is 2.25. The molecule has 0 unspecified atom stereocenters. The molecule has 1 amide bonds. The molecule has 0 aliphatic rings. The van der Waals surface area contributed by atoms with Crippen molar-refractivity contribution in [3.63, 3.8) is 0 Å². The minimum Gasteiger partial charge on any atom is -0.383 e. The van der Waals surface area contributed by atoms with Crippen LogP contribution in [0.15, 0.2) is 54.6 Å². The van der Waals surface area contributed by atoms with Gasteiger partial charge in [0.05, 0.1) is 12.2 Å². The van der Waals surface area contributed by atoms with Crippen molar-refractivity contribution in [1.29, 1.82) is 0 Å². The molecule has 5 nitrogen and oxygen atoms in total. The van der Waals surface area contributed by atoms with E-state index in [9.17, 15) is 13.2 Å². The van der Waals surface area contributed by atoms with Gasteiger partial charge in [-0.3, -0.25) is 4.79 Å². The number of carbonyl (C=O) groups is 1. The van der Waals surface area contributed by atoms with Gasteiger partial charge in [0.25, 0.3) is 0 Å². The summed E-state index contributed by atoms with van der Waals surface area (Å²) in [4.78, 5) is 15.3. The van der Waals surface area contributed by atoms with Crippen LogP contribution in [0.2, 0.25) is 0 Å². The molecule has 2 atom stereocenters. The van der Waals surface area contributed by atoms with Crippen LogP contribution in [0, 0.1) is 0 Å². The highest BCUT2D eigenvalue weighted by molar-refractivity contribution is 7.86. The first-order valence-electron chi connectivity index (χ1n) is 9.59. The van der Waals surface area contributed by atoms with E-state index in [1.165, 1.54) is 0 Å². The number of hydrogen-bond donors (Lipinski definition) is 0. The first-order valence-corrected chi connectivity index (χ1v) is 11.4. The highest BCUT2D eigenvalue weighted by Gasteiger charge is 2.27. The lowest BCUT2D eigenvalue weighted by Gasteiger charge is -2.32. The first kappa shape index (κ1) is 22.0. The molecule has 0 bridgehead atoms. The molecule has 2 rings (SSSR count). The minimum absolute atomic E-state index is 0.0946. The van der Waals surface area contributed by atoms with Gasteiger partial charge in [-0.05, 0) is 43.0 Å². The van der Waals surface area contributed by atoms with Crippen molar-refractivity contribution in [3.8, 4) is 5.75 Å². The molecule has 2 aromatic rings. The summed E-state index contributed by atoms with van der Waals surface area (Å²) in [6.45, 7) is 6.62. The Labute approximate surface area is 168 Å². The van der Waals surface area contributed by atoms with E-state index in [-0.39, 0.29) is 23.6 Å². The van der Waals surface area contributed by atoms with E-state index < -0.39 is 10.1 Å². The molecule has 0 spiro atoms. The molecule has 28 heavy (non-hydrogen) atoms. The Morgan fingerprint density at radius 1 is 1.00 bits per heavy atom. The second kappa shape index (κ2) is 9.73. The van der Waals surface area contributed by atoms with E-state index in [1.807, 2.05) is 42.2 Å². The number of carbonyl (C=O) groups excluding carboxylic acids is 1. The summed E-state index contributed by atoms with van der Waals surface area (Å²) in [5.74, 6) is 0.200. The SMILES string of the molecule is CC[C@H](C(=O)N(Cc1ccc(OS(C)(=O)=O)cc1)[C@@H](C)CC)c1ccccc1. The first-order chi connectivity index (χ1) is 13.2. The fraction of sp³-hybridized carbons (Fsp3) is 0.409. The van der Waals surface area contributed by atoms with E-state index in [2.05, 4.69) is 13.8 Å². The van der Waals surface area contributed by atoms with Crippen molar-refractivity contribution in [3.05, 3.63) is 65.7 Å². The summed E-state index contributed by atoms with van der Waals surface area (Å²) in [5.41, 5.74) is 1.96.